The molecule has 172 valence electrons. The molecule has 2 aliphatic heterocycles. The van der Waals surface area contributed by atoms with Crippen LogP contribution in [-0.4, -0.2) is 95.1 Å². The summed E-state index contributed by atoms with van der Waals surface area (Å²) in [6.45, 7) is 13.9. The van der Waals surface area contributed by atoms with Crippen molar-refractivity contribution in [1.82, 2.24) is 24.8 Å². The summed E-state index contributed by atoms with van der Waals surface area (Å²) >= 11 is 0. The van der Waals surface area contributed by atoms with Crippen LogP contribution in [0.5, 0.6) is 0 Å². The van der Waals surface area contributed by atoms with Crippen molar-refractivity contribution in [2.24, 2.45) is 0 Å². The van der Waals surface area contributed by atoms with Gasteiger partial charge in [0.05, 0.1) is 4.92 Å². The zero-order valence-electron chi connectivity index (χ0n) is 18.8. The number of likely N-dealkylation sites (N-methyl/N-ethyl adjacent to an activating group) is 2. The molecule has 32 heavy (non-hydrogen) atoms. The maximum atomic E-state index is 10.9. The second-order valence-electron chi connectivity index (χ2n) is 8.03. The number of nitrogens with zero attached hydrogens (tertiary/aromatic N) is 8. The van der Waals surface area contributed by atoms with Crippen LogP contribution in [0.3, 0.4) is 0 Å². The molecule has 2 saturated heterocycles. The maximum Gasteiger partial charge on any atom is 0.269 e. The predicted octanol–water partition coefficient (Wildman–Crippen LogP) is 1.81. The average Bonchev–Trinajstić information content (AvgIpc) is 2.84. The van der Waals surface area contributed by atoms with Crippen LogP contribution in [0.2, 0.25) is 0 Å². The zero-order valence-corrected chi connectivity index (χ0v) is 18.8. The van der Waals surface area contributed by atoms with Gasteiger partial charge in [0.25, 0.3) is 5.69 Å². The molecule has 11 nitrogen and oxygen atoms in total. The first-order valence-electron chi connectivity index (χ1n) is 11.3. The molecule has 2 fully saturated rings. The van der Waals surface area contributed by atoms with E-state index >= 15 is 0 Å². The summed E-state index contributed by atoms with van der Waals surface area (Å²) in [6, 6.07) is 6.28. The van der Waals surface area contributed by atoms with Crippen molar-refractivity contribution in [2.45, 2.75) is 13.8 Å². The number of non-ortho nitro benzene ring substituents is 1. The van der Waals surface area contributed by atoms with Crippen LogP contribution in [0.1, 0.15) is 13.8 Å². The quantitative estimate of drug-likeness (QED) is 0.505. The molecule has 1 aromatic heterocycles. The minimum absolute atomic E-state index is 0.0511. The lowest BCUT2D eigenvalue weighted by atomic mass is 10.3. The summed E-state index contributed by atoms with van der Waals surface area (Å²) in [5.74, 6) is 1.80. The van der Waals surface area contributed by atoms with Gasteiger partial charge in [-0.3, -0.25) is 10.1 Å². The topological polar surface area (TPSA) is 107 Å². The maximum absolute atomic E-state index is 10.9. The Hall–Kier alpha value is -3.05. The Morgan fingerprint density at radius 1 is 0.812 bits per heavy atom. The van der Waals surface area contributed by atoms with Crippen molar-refractivity contribution >= 4 is 29.2 Å². The Morgan fingerprint density at radius 3 is 1.69 bits per heavy atom. The van der Waals surface area contributed by atoms with Crippen LogP contribution in [0.15, 0.2) is 24.3 Å². The molecule has 0 saturated carbocycles. The van der Waals surface area contributed by atoms with Gasteiger partial charge in [0, 0.05) is 70.2 Å². The van der Waals surface area contributed by atoms with E-state index in [1.807, 2.05) is 0 Å². The summed E-state index contributed by atoms with van der Waals surface area (Å²) in [5, 5.41) is 14.1. The Bertz CT molecular complexity index is 866. The minimum Gasteiger partial charge on any atom is -0.338 e. The Balaban J connectivity index is 1.57. The van der Waals surface area contributed by atoms with Gasteiger partial charge in [0.15, 0.2) is 0 Å². The van der Waals surface area contributed by atoms with E-state index in [1.54, 1.807) is 12.1 Å². The van der Waals surface area contributed by atoms with Crippen molar-refractivity contribution in [2.75, 3.05) is 80.6 Å². The van der Waals surface area contributed by atoms with E-state index in [0.29, 0.717) is 23.5 Å². The lowest BCUT2D eigenvalue weighted by Crippen LogP contribution is -2.48. The lowest BCUT2D eigenvalue weighted by Gasteiger charge is -2.36. The number of nitrogens with one attached hydrogen (secondary N) is 1. The number of rotatable bonds is 7. The van der Waals surface area contributed by atoms with Crippen molar-refractivity contribution in [1.29, 1.82) is 0 Å². The number of aromatic nitrogens is 3. The van der Waals surface area contributed by atoms with E-state index in [1.165, 1.54) is 12.1 Å². The van der Waals surface area contributed by atoms with E-state index < -0.39 is 4.92 Å². The molecule has 2 aromatic rings. The van der Waals surface area contributed by atoms with E-state index in [9.17, 15) is 10.1 Å². The number of piperazine rings is 2. The second kappa shape index (κ2) is 10.0. The van der Waals surface area contributed by atoms with Crippen molar-refractivity contribution in [3.63, 3.8) is 0 Å². The molecule has 2 aliphatic rings. The SMILES string of the molecule is CCN1CCN(c2nc(Nc3ccc([N+](=O)[O-])cc3)nc(N3CCN(CC)CC3)n2)CC1. The number of hydrogen-bond acceptors (Lipinski definition) is 10. The van der Waals surface area contributed by atoms with Crippen molar-refractivity contribution < 1.29 is 4.92 Å². The van der Waals surface area contributed by atoms with Gasteiger partial charge >= 0.3 is 0 Å². The van der Waals surface area contributed by atoms with E-state index in [4.69, 9.17) is 4.98 Å². The van der Waals surface area contributed by atoms with Crippen LogP contribution in [-0.2, 0) is 0 Å². The molecular formula is C21H31N9O2. The third-order valence-corrected chi connectivity index (χ3v) is 6.15. The molecule has 1 aromatic carbocycles. The van der Waals surface area contributed by atoms with Gasteiger partial charge in [-0.25, -0.2) is 0 Å². The molecule has 0 amide bonds. The summed E-state index contributed by atoms with van der Waals surface area (Å²) in [4.78, 5) is 34.0. The highest BCUT2D eigenvalue weighted by molar-refractivity contribution is 5.58. The fourth-order valence-electron chi connectivity index (χ4n) is 4.02. The molecule has 0 aliphatic carbocycles. The molecule has 0 bridgehead atoms. The second-order valence-corrected chi connectivity index (χ2v) is 8.03. The number of benzene rings is 1. The number of anilines is 4. The van der Waals surface area contributed by atoms with Crippen LogP contribution in [0, 0.1) is 10.1 Å². The third kappa shape index (κ3) is 5.22. The summed E-state index contributed by atoms with van der Waals surface area (Å²) < 4.78 is 0. The molecule has 1 N–H and O–H groups in total. The highest BCUT2D eigenvalue weighted by atomic mass is 16.6. The predicted molar refractivity (Wildman–Crippen MR) is 125 cm³/mol. The molecule has 0 atom stereocenters. The summed E-state index contributed by atoms with van der Waals surface area (Å²) in [5.41, 5.74) is 0.750. The average molecular weight is 442 g/mol. The monoisotopic (exact) mass is 441 g/mol. The van der Waals surface area contributed by atoms with Crippen molar-refractivity contribution in [3.8, 4) is 0 Å². The lowest BCUT2D eigenvalue weighted by molar-refractivity contribution is -0.384. The van der Waals surface area contributed by atoms with Crippen LogP contribution in [0.25, 0.3) is 0 Å². The summed E-state index contributed by atoms with van der Waals surface area (Å²) in [6.07, 6.45) is 0. The smallest absolute Gasteiger partial charge is 0.269 e. The highest BCUT2D eigenvalue weighted by Crippen LogP contribution is 2.23. The van der Waals surface area contributed by atoms with E-state index in [-0.39, 0.29) is 5.69 Å². The largest absolute Gasteiger partial charge is 0.338 e. The molecule has 3 heterocycles. The molecule has 11 heteroatoms. The molecule has 0 spiro atoms. The first kappa shape index (κ1) is 22.2. The summed E-state index contributed by atoms with van der Waals surface area (Å²) in [7, 11) is 0. The first-order chi connectivity index (χ1) is 15.6. The normalized spacial score (nSPS) is 18.1. The number of hydrogen-bond donors (Lipinski definition) is 1. The zero-order chi connectivity index (χ0) is 22.5. The third-order valence-electron chi connectivity index (χ3n) is 6.15. The van der Waals surface area contributed by atoms with Crippen molar-refractivity contribution in [3.05, 3.63) is 34.4 Å². The van der Waals surface area contributed by atoms with E-state index in [2.05, 4.69) is 48.7 Å². The Kier molecular flexibility index (Phi) is 6.96. The van der Waals surface area contributed by atoms with Crippen LogP contribution >= 0.6 is 0 Å². The molecule has 0 radical (unpaired) electrons. The molecular weight excluding hydrogens is 410 g/mol. The first-order valence-corrected chi connectivity index (χ1v) is 11.3. The van der Waals surface area contributed by atoms with E-state index in [0.717, 1.165) is 65.4 Å². The van der Waals surface area contributed by atoms with Gasteiger partial charge in [-0.15, -0.1) is 0 Å². The van der Waals surface area contributed by atoms with Gasteiger partial charge in [-0.2, -0.15) is 15.0 Å². The number of nitro groups is 1. The Morgan fingerprint density at radius 2 is 1.28 bits per heavy atom. The number of nitro benzene ring substituents is 1. The van der Waals surface area contributed by atoms with Gasteiger partial charge in [0.1, 0.15) is 0 Å². The molecule has 0 unspecified atom stereocenters. The standard InChI is InChI=1S/C21H31N9O2/c1-3-26-9-13-28(14-10-26)20-23-19(22-17-5-7-18(8-6-17)30(31)32)24-21(25-20)29-15-11-27(4-2)12-16-29/h5-8H,3-4,9-16H2,1-2H3,(H,22,23,24,25). The van der Waals surface area contributed by atoms with Gasteiger partial charge < -0.3 is 24.9 Å². The van der Waals surface area contributed by atoms with Gasteiger partial charge in [-0.05, 0) is 25.2 Å². The fourth-order valence-corrected chi connectivity index (χ4v) is 4.02. The van der Waals surface area contributed by atoms with Gasteiger partial charge in [0.2, 0.25) is 17.8 Å². The molecule has 4 rings (SSSR count). The minimum atomic E-state index is -0.408. The van der Waals surface area contributed by atoms with Gasteiger partial charge in [-0.1, -0.05) is 13.8 Å². The Labute approximate surface area is 188 Å². The fraction of sp³-hybridized carbons (Fsp3) is 0.571. The highest BCUT2D eigenvalue weighted by Gasteiger charge is 2.23. The van der Waals surface area contributed by atoms with Crippen LogP contribution in [0.4, 0.5) is 29.2 Å². The van der Waals surface area contributed by atoms with Crippen LogP contribution < -0.4 is 15.1 Å².